The van der Waals surface area contributed by atoms with Crippen molar-refractivity contribution in [3.05, 3.63) is 77.2 Å². The first-order chi connectivity index (χ1) is 13.3. The number of nitrogens with one attached hydrogen (secondary N) is 1. The van der Waals surface area contributed by atoms with Gasteiger partial charge in [-0.25, -0.2) is 13.2 Å². The average Bonchev–Trinajstić information content (AvgIpc) is 3.11. The van der Waals surface area contributed by atoms with Gasteiger partial charge < -0.3 is 14.9 Å². The topological polar surface area (TPSA) is 92.4 Å². The summed E-state index contributed by atoms with van der Waals surface area (Å²) in [5, 5.41) is 15.0. The lowest BCUT2D eigenvalue weighted by atomic mass is 10.0. The second-order valence-corrected chi connectivity index (χ2v) is 5.87. The van der Waals surface area contributed by atoms with Crippen LogP contribution in [0.5, 0.6) is 0 Å². The number of hydrogen-bond donors (Lipinski definition) is 2. The summed E-state index contributed by atoms with van der Waals surface area (Å²) in [6, 6.07) is 7.91. The van der Waals surface area contributed by atoms with Crippen LogP contribution < -0.4 is 5.32 Å². The molecular weight excluding hydrogens is 377 g/mol. The SMILES string of the molecule is O=C(O)CC(NC(=O)c1cc(-c2ccc(F)cc2)on1)c1ccc(F)cc1F. The molecule has 0 aliphatic carbocycles. The van der Waals surface area contributed by atoms with Gasteiger partial charge in [0.2, 0.25) is 0 Å². The summed E-state index contributed by atoms with van der Waals surface area (Å²) >= 11 is 0. The molecule has 144 valence electrons. The number of carboxylic acid groups (broad SMARTS) is 1. The molecule has 0 saturated carbocycles. The van der Waals surface area contributed by atoms with E-state index < -0.39 is 41.8 Å². The number of carbonyl (C=O) groups is 2. The number of aromatic nitrogens is 1. The van der Waals surface area contributed by atoms with E-state index in [0.29, 0.717) is 11.6 Å². The minimum atomic E-state index is -1.29. The van der Waals surface area contributed by atoms with Crippen LogP contribution in [0.25, 0.3) is 11.3 Å². The molecule has 0 radical (unpaired) electrons. The highest BCUT2D eigenvalue weighted by Gasteiger charge is 2.24. The van der Waals surface area contributed by atoms with Gasteiger partial charge in [-0.3, -0.25) is 9.59 Å². The molecule has 9 heteroatoms. The number of rotatable bonds is 6. The highest BCUT2D eigenvalue weighted by atomic mass is 19.1. The lowest BCUT2D eigenvalue weighted by Gasteiger charge is -2.17. The Morgan fingerprint density at radius 1 is 1.04 bits per heavy atom. The summed E-state index contributed by atoms with van der Waals surface area (Å²) in [7, 11) is 0. The Kier molecular flexibility index (Phi) is 5.44. The molecule has 0 saturated heterocycles. The summed E-state index contributed by atoms with van der Waals surface area (Å²) in [6.45, 7) is 0. The number of hydrogen-bond acceptors (Lipinski definition) is 4. The lowest BCUT2D eigenvalue weighted by molar-refractivity contribution is -0.137. The van der Waals surface area contributed by atoms with Gasteiger partial charge in [-0.1, -0.05) is 11.2 Å². The van der Waals surface area contributed by atoms with Gasteiger partial charge in [0.05, 0.1) is 12.5 Å². The van der Waals surface area contributed by atoms with Crippen LogP contribution in [0.1, 0.15) is 28.5 Å². The first-order valence-corrected chi connectivity index (χ1v) is 8.04. The van der Waals surface area contributed by atoms with Crippen molar-refractivity contribution in [3.63, 3.8) is 0 Å². The van der Waals surface area contributed by atoms with Gasteiger partial charge in [-0.05, 0) is 30.3 Å². The number of nitrogens with zero attached hydrogens (tertiary/aromatic N) is 1. The second kappa shape index (κ2) is 7.95. The molecule has 1 atom stereocenters. The van der Waals surface area contributed by atoms with Crippen LogP contribution in [0.15, 0.2) is 53.1 Å². The molecule has 2 N–H and O–H groups in total. The highest BCUT2D eigenvalue weighted by molar-refractivity contribution is 5.93. The van der Waals surface area contributed by atoms with E-state index in [1.807, 2.05) is 0 Å². The minimum Gasteiger partial charge on any atom is -0.481 e. The molecule has 3 rings (SSSR count). The van der Waals surface area contributed by atoms with Gasteiger partial charge in [-0.2, -0.15) is 0 Å². The predicted octanol–water partition coefficient (Wildman–Crippen LogP) is 3.70. The normalized spacial score (nSPS) is 11.8. The number of aliphatic carboxylic acids is 1. The van der Waals surface area contributed by atoms with Crippen LogP contribution in [0.4, 0.5) is 13.2 Å². The molecule has 1 heterocycles. The molecule has 1 amide bonds. The van der Waals surface area contributed by atoms with Crippen LogP contribution in [-0.2, 0) is 4.79 Å². The lowest BCUT2D eigenvalue weighted by Crippen LogP contribution is -2.31. The van der Waals surface area contributed by atoms with Crippen LogP contribution in [0.3, 0.4) is 0 Å². The van der Waals surface area contributed by atoms with Crippen molar-refractivity contribution in [3.8, 4) is 11.3 Å². The van der Waals surface area contributed by atoms with E-state index in [-0.39, 0.29) is 17.0 Å². The molecule has 3 aromatic rings. The zero-order valence-corrected chi connectivity index (χ0v) is 14.2. The van der Waals surface area contributed by atoms with Crippen LogP contribution in [-0.4, -0.2) is 22.1 Å². The smallest absolute Gasteiger partial charge is 0.305 e. The fourth-order valence-corrected chi connectivity index (χ4v) is 2.56. The third-order valence-corrected chi connectivity index (χ3v) is 3.89. The Bertz CT molecular complexity index is 1020. The third kappa shape index (κ3) is 4.37. The van der Waals surface area contributed by atoms with Crippen molar-refractivity contribution in [1.29, 1.82) is 0 Å². The van der Waals surface area contributed by atoms with Crippen molar-refractivity contribution in [2.24, 2.45) is 0 Å². The van der Waals surface area contributed by atoms with E-state index in [1.165, 1.54) is 30.3 Å². The monoisotopic (exact) mass is 390 g/mol. The molecule has 0 spiro atoms. The summed E-state index contributed by atoms with van der Waals surface area (Å²) in [4.78, 5) is 23.5. The summed E-state index contributed by atoms with van der Waals surface area (Å²) in [5.74, 6) is -4.18. The van der Waals surface area contributed by atoms with Crippen LogP contribution in [0.2, 0.25) is 0 Å². The van der Waals surface area contributed by atoms with Crippen molar-refractivity contribution in [1.82, 2.24) is 10.5 Å². The van der Waals surface area contributed by atoms with E-state index >= 15 is 0 Å². The number of carbonyl (C=O) groups excluding carboxylic acids is 1. The molecule has 28 heavy (non-hydrogen) atoms. The number of benzene rings is 2. The molecule has 0 aliphatic heterocycles. The van der Waals surface area contributed by atoms with E-state index in [4.69, 9.17) is 9.63 Å². The first-order valence-electron chi connectivity index (χ1n) is 8.04. The fraction of sp³-hybridized carbons (Fsp3) is 0.105. The largest absolute Gasteiger partial charge is 0.481 e. The zero-order valence-electron chi connectivity index (χ0n) is 14.2. The zero-order chi connectivity index (χ0) is 20.3. The first kappa shape index (κ1) is 19.2. The Hall–Kier alpha value is -3.62. The average molecular weight is 390 g/mol. The van der Waals surface area contributed by atoms with Crippen molar-refractivity contribution in [2.75, 3.05) is 0 Å². The number of halogens is 3. The second-order valence-electron chi connectivity index (χ2n) is 5.87. The molecule has 0 fully saturated rings. The number of amides is 1. The molecule has 0 bridgehead atoms. The third-order valence-electron chi connectivity index (χ3n) is 3.89. The van der Waals surface area contributed by atoms with E-state index in [2.05, 4.69) is 10.5 Å². The number of carboxylic acids is 1. The summed E-state index contributed by atoms with van der Waals surface area (Å²) < 4.78 is 45.1. The van der Waals surface area contributed by atoms with Gasteiger partial charge in [0.25, 0.3) is 5.91 Å². The molecule has 1 aromatic heterocycles. The van der Waals surface area contributed by atoms with Crippen molar-refractivity contribution in [2.45, 2.75) is 12.5 Å². The van der Waals surface area contributed by atoms with Crippen LogP contribution in [0, 0.1) is 17.5 Å². The van der Waals surface area contributed by atoms with E-state index in [1.54, 1.807) is 0 Å². The maximum atomic E-state index is 14.0. The molecule has 6 nitrogen and oxygen atoms in total. The quantitative estimate of drug-likeness (QED) is 0.670. The van der Waals surface area contributed by atoms with Crippen molar-refractivity contribution >= 4 is 11.9 Å². The Morgan fingerprint density at radius 2 is 1.71 bits per heavy atom. The van der Waals surface area contributed by atoms with Gasteiger partial charge >= 0.3 is 5.97 Å². The molecule has 1 unspecified atom stereocenters. The summed E-state index contributed by atoms with van der Waals surface area (Å²) in [6.07, 6.45) is -0.628. The summed E-state index contributed by atoms with van der Waals surface area (Å²) in [5.41, 5.74) is 0.108. The predicted molar refractivity (Wildman–Crippen MR) is 90.7 cm³/mol. The van der Waals surface area contributed by atoms with Gasteiger partial charge in [0, 0.05) is 23.3 Å². The van der Waals surface area contributed by atoms with E-state index in [9.17, 15) is 22.8 Å². The van der Waals surface area contributed by atoms with Crippen LogP contribution >= 0.6 is 0 Å². The Balaban J connectivity index is 1.82. The Labute approximate surface area is 156 Å². The van der Waals surface area contributed by atoms with Crippen molar-refractivity contribution < 1.29 is 32.4 Å². The standard InChI is InChI=1S/C19H13F3N2O4/c20-11-3-1-10(2-4-11)17-8-16(24-28-17)19(27)23-15(9-18(25)26)13-6-5-12(21)7-14(13)22/h1-8,15H,9H2,(H,23,27)(H,25,26). The molecular formula is C19H13F3N2O4. The fourth-order valence-electron chi connectivity index (χ4n) is 2.56. The maximum Gasteiger partial charge on any atom is 0.305 e. The molecule has 2 aromatic carbocycles. The Morgan fingerprint density at radius 3 is 2.36 bits per heavy atom. The van der Waals surface area contributed by atoms with Gasteiger partial charge in [0.1, 0.15) is 17.5 Å². The van der Waals surface area contributed by atoms with Gasteiger partial charge in [-0.15, -0.1) is 0 Å². The molecule has 0 aliphatic rings. The van der Waals surface area contributed by atoms with E-state index in [0.717, 1.165) is 12.1 Å². The maximum absolute atomic E-state index is 14.0. The highest BCUT2D eigenvalue weighted by Crippen LogP contribution is 2.24. The van der Waals surface area contributed by atoms with Gasteiger partial charge in [0.15, 0.2) is 11.5 Å². The minimum absolute atomic E-state index is 0.181.